The molecule has 0 N–H and O–H groups in total. The van der Waals surface area contributed by atoms with Crippen molar-refractivity contribution in [3.63, 3.8) is 0 Å². The molecule has 1 saturated heterocycles. The molecule has 0 aliphatic carbocycles. The van der Waals surface area contributed by atoms with Crippen LogP contribution in [0.25, 0.3) is 0 Å². The summed E-state index contributed by atoms with van der Waals surface area (Å²) in [4.78, 5) is 14.0. The van der Waals surface area contributed by atoms with Crippen LogP contribution in [0.2, 0.25) is 10.0 Å². The fourth-order valence-corrected chi connectivity index (χ4v) is 2.64. The van der Waals surface area contributed by atoms with Gasteiger partial charge in [-0.15, -0.1) is 0 Å². The molecule has 0 radical (unpaired) electrons. The third kappa shape index (κ3) is 5.65. The highest BCUT2D eigenvalue weighted by atomic mass is 35.5. The summed E-state index contributed by atoms with van der Waals surface area (Å²) in [5, 5.41) is 0.876. The molecule has 1 atom stereocenters. The Labute approximate surface area is 140 Å². The van der Waals surface area contributed by atoms with Gasteiger partial charge in [-0.1, -0.05) is 23.2 Å². The maximum absolute atomic E-state index is 11.8. The molecule has 0 amide bonds. The van der Waals surface area contributed by atoms with Gasteiger partial charge in [-0.3, -0.25) is 4.90 Å². The second-order valence-corrected chi connectivity index (χ2v) is 5.92. The molecule has 22 heavy (non-hydrogen) atoms. The summed E-state index contributed by atoms with van der Waals surface area (Å²) >= 11 is 11.8. The third-order valence-electron chi connectivity index (χ3n) is 3.19. The van der Waals surface area contributed by atoms with E-state index in [0.717, 1.165) is 26.3 Å². The molecule has 1 fully saturated rings. The Morgan fingerprint density at radius 1 is 1.36 bits per heavy atom. The zero-order chi connectivity index (χ0) is 15.9. The van der Waals surface area contributed by atoms with E-state index in [9.17, 15) is 4.79 Å². The van der Waals surface area contributed by atoms with Gasteiger partial charge in [0.15, 0.2) is 6.61 Å². The van der Waals surface area contributed by atoms with E-state index in [-0.39, 0.29) is 12.7 Å². The van der Waals surface area contributed by atoms with E-state index < -0.39 is 5.97 Å². The Hall–Kier alpha value is -1.01. The van der Waals surface area contributed by atoms with Crippen molar-refractivity contribution in [2.75, 3.05) is 39.5 Å². The first-order chi connectivity index (χ1) is 10.5. The standard InChI is InChI=1S/C15H19Cl2NO4/c1-11(9-18-4-6-20-7-5-18)22-15(19)10-21-14-3-2-12(16)8-13(14)17/h2-3,8,11H,4-7,9-10H2,1H3/t11-/m0/s1. The van der Waals surface area contributed by atoms with Gasteiger partial charge in [0.1, 0.15) is 11.9 Å². The molecule has 5 nitrogen and oxygen atoms in total. The molecule has 1 aliphatic heterocycles. The number of rotatable bonds is 6. The molecule has 1 heterocycles. The maximum atomic E-state index is 11.8. The van der Waals surface area contributed by atoms with E-state index in [1.165, 1.54) is 0 Å². The summed E-state index contributed by atoms with van der Waals surface area (Å²) in [6.45, 7) is 5.53. The Bertz CT molecular complexity index is 506. The van der Waals surface area contributed by atoms with Gasteiger partial charge in [0.05, 0.1) is 18.2 Å². The smallest absolute Gasteiger partial charge is 0.344 e. The lowest BCUT2D eigenvalue weighted by atomic mass is 10.3. The van der Waals surface area contributed by atoms with Crippen molar-refractivity contribution in [2.24, 2.45) is 0 Å². The highest BCUT2D eigenvalue weighted by Crippen LogP contribution is 2.27. The molecular formula is C15H19Cl2NO4. The number of halogens is 2. The number of benzene rings is 1. The number of esters is 1. The molecule has 0 saturated carbocycles. The van der Waals surface area contributed by atoms with Crippen molar-refractivity contribution in [1.29, 1.82) is 0 Å². The average molecular weight is 348 g/mol. The zero-order valence-electron chi connectivity index (χ0n) is 12.4. The topological polar surface area (TPSA) is 48.0 Å². The van der Waals surface area contributed by atoms with Gasteiger partial charge in [-0.2, -0.15) is 0 Å². The van der Waals surface area contributed by atoms with E-state index >= 15 is 0 Å². The van der Waals surface area contributed by atoms with Gasteiger partial charge in [0.25, 0.3) is 0 Å². The van der Waals surface area contributed by atoms with Crippen LogP contribution in [-0.2, 0) is 14.3 Å². The summed E-state index contributed by atoms with van der Waals surface area (Å²) in [5.41, 5.74) is 0. The predicted molar refractivity (Wildman–Crippen MR) is 84.8 cm³/mol. The molecule has 1 aliphatic rings. The van der Waals surface area contributed by atoms with Crippen molar-refractivity contribution in [3.05, 3.63) is 28.2 Å². The first kappa shape index (κ1) is 17.3. The first-order valence-electron chi connectivity index (χ1n) is 7.12. The Morgan fingerprint density at radius 3 is 2.77 bits per heavy atom. The lowest BCUT2D eigenvalue weighted by Crippen LogP contribution is -2.41. The van der Waals surface area contributed by atoms with Crippen LogP contribution in [0, 0.1) is 0 Å². The van der Waals surface area contributed by atoms with Gasteiger partial charge in [-0.25, -0.2) is 4.79 Å². The average Bonchev–Trinajstić information content (AvgIpc) is 2.47. The number of hydrogen-bond donors (Lipinski definition) is 0. The second-order valence-electron chi connectivity index (χ2n) is 5.08. The molecule has 0 bridgehead atoms. The van der Waals surface area contributed by atoms with E-state index in [2.05, 4.69) is 4.90 Å². The lowest BCUT2D eigenvalue weighted by Gasteiger charge is -2.28. The van der Waals surface area contributed by atoms with Crippen LogP contribution in [0.15, 0.2) is 18.2 Å². The molecule has 1 aromatic rings. The van der Waals surface area contributed by atoms with Crippen molar-refractivity contribution in [3.8, 4) is 5.75 Å². The molecular weight excluding hydrogens is 329 g/mol. The monoisotopic (exact) mass is 347 g/mol. The predicted octanol–water partition coefficient (Wildman–Crippen LogP) is 2.64. The Kier molecular flexibility index (Phi) is 6.76. The summed E-state index contributed by atoms with van der Waals surface area (Å²) in [5.74, 6) is -0.0179. The summed E-state index contributed by atoms with van der Waals surface area (Å²) < 4.78 is 15.9. The third-order valence-corrected chi connectivity index (χ3v) is 3.72. The number of nitrogens with zero attached hydrogens (tertiary/aromatic N) is 1. The number of hydrogen-bond acceptors (Lipinski definition) is 5. The number of ether oxygens (including phenoxy) is 3. The minimum Gasteiger partial charge on any atom is -0.480 e. The number of morpholine rings is 1. The molecule has 7 heteroatoms. The Balaban J connectivity index is 1.72. The summed E-state index contributed by atoms with van der Waals surface area (Å²) in [6.07, 6.45) is -0.199. The van der Waals surface area contributed by atoms with Crippen molar-refractivity contribution < 1.29 is 19.0 Å². The molecule has 0 spiro atoms. The van der Waals surface area contributed by atoms with Gasteiger partial charge in [0.2, 0.25) is 0 Å². The van der Waals surface area contributed by atoms with Gasteiger partial charge in [-0.05, 0) is 25.1 Å². The van der Waals surface area contributed by atoms with Crippen LogP contribution in [0.1, 0.15) is 6.92 Å². The zero-order valence-corrected chi connectivity index (χ0v) is 13.9. The van der Waals surface area contributed by atoms with Crippen molar-refractivity contribution in [1.82, 2.24) is 4.90 Å². The van der Waals surface area contributed by atoms with Crippen molar-refractivity contribution >= 4 is 29.2 Å². The molecule has 0 aromatic heterocycles. The minimum absolute atomic E-state index is 0.186. The van der Waals surface area contributed by atoms with E-state index in [1.54, 1.807) is 18.2 Å². The van der Waals surface area contributed by atoms with Crippen LogP contribution in [0.4, 0.5) is 0 Å². The van der Waals surface area contributed by atoms with E-state index in [0.29, 0.717) is 22.3 Å². The first-order valence-corrected chi connectivity index (χ1v) is 7.87. The highest BCUT2D eigenvalue weighted by Gasteiger charge is 2.17. The summed E-state index contributed by atoms with van der Waals surface area (Å²) in [6, 6.07) is 4.83. The van der Waals surface area contributed by atoms with E-state index in [1.807, 2.05) is 6.92 Å². The minimum atomic E-state index is -0.424. The van der Waals surface area contributed by atoms with Crippen LogP contribution < -0.4 is 4.74 Å². The largest absolute Gasteiger partial charge is 0.480 e. The lowest BCUT2D eigenvalue weighted by molar-refractivity contribution is -0.151. The fraction of sp³-hybridized carbons (Fsp3) is 0.533. The molecule has 1 aromatic carbocycles. The van der Waals surface area contributed by atoms with Crippen LogP contribution >= 0.6 is 23.2 Å². The summed E-state index contributed by atoms with van der Waals surface area (Å²) in [7, 11) is 0. The second kappa shape index (κ2) is 8.58. The molecule has 122 valence electrons. The van der Waals surface area contributed by atoms with Crippen LogP contribution in [0.3, 0.4) is 0 Å². The fourth-order valence-electron chi connectivity index (χ4n) is 2.17. The molecule has 0 unspecified atom stereocenters. The van der Waals surface area contributed by atoms with Gasteiger partial charge >= 0.3 is 5.97 Å². The van der Waals surface area contributed by atoms with Crippen LogP contribution in [0.5, 0.6) is 5.75 Å². The van der Waals surface area contributed by atoms with Crippen molar-refractivity contribution in [2.45, 2.75) is 13.0 Å². The maximum Gasteiger partial charge on any atom is 0.344 e. The number of carbonyl (C=O) groups is 1. The number of carbonyl (C=O) groups excluding carboxylic acids is 1. The van der Waals surface area contributed by atoms with Gasteiger partial charge in [0, 0.05) is 24.7 Å². The normalized spacial score (nSPS) is 17.0. The van der Waals surface area contributed by atoms with Crippen LogP contribution in [-0.4, -0.2) is 56.4 Å². The molecule has 2 rings (SSSR count). The quantitative estimate of drug-likeness (QED) is 0.740. The SMILES string of the molecule is C[C@@H](CN1CCOCC1)OC(=O)COc1ccc(Cl)cc1Cl. The Morgan fingerprint density at radius 2 is 2.09 bits per heavy atom. The van der Waals surface area contributed by atoms with Gasteiger partial charge < -0.3 is 14.2 Å². The van der Waals surface area contributed by atoms with E-state index in [4.69, 9.17) is 37.4 Å². The highest BCUT2D eigenvalue weighted by molar-refractivity contribution is 6.35.